The first-order valence-corrected chi connectivity index (χ1v) is 9.53. The quantitative estimate of drug-likeness (QED) is 0.601. The van der Waals surface area contributed by atoms with E-state index in [1.165, 1.54) is 19.4 Å². The second kappa shape index (κ2) is 14.7. The molecule has 1 aliphatic rings. The van der Waals surface area contributed by atoms with E-state index in [2.05, 4.69) is 13.8 Å². The third-order valence-electron chi connectivity index (χ3n) is 3.50. The van der Waals surface area contributed by atoms with Gasteiger partial charge in [-0.1, -0.05) is 56.7 Å². The molecule has 0 saturated carbocycles. The van der Waals surface area contributed by atoms with E-state index in [-0.39, 0.29) is 28.5 Å². The normalized spacial score (nSPS) is 13.9. The van der Waals surface area contributed by atoms with Crippen molar-refractivity contribution < 1.29 is 19.2 Å². The molecule has 0 aromatic heterocycles. The third kappa shape index (κ3) is 18.4. The first-order valence-electron chi connectivity index (χ1n) is 9.53. The van der Waals surface area contributed by atoms with E-state index in [9.17, 15) is 19.2 Å². The van der Waals surface area contributed by atoms with Gasteiger partial charge in [-0.05, 0) is 52.5 Å². The predicted molar refractivity (Wildman–Crippen MR) is 116 cm³/mol. The van der Waals surface area contributed by atoms with Crippen LogP contribution in [0, 0.1) is 5.41 Å². The highest BCUT2D eigenvalue weighted by atomic mass is 16.1. The number of rotatable bonds is 2. The van der Waals surface area contributed by atoms with Crippen molar-refractivity contribution in [3.63, 3.8) is 0 Å². The highest BCUT2D eigenvalue weighted by molar-refractivity contribution is 5.93. The Labute approximate surface area is 170 Å². The Balaban J connectivity index is 0. The monoisotopic (exact) mass is 388 g/mol. The Morgan fingerprint density at radius 3 is 1.61 bits per heavy atom. The smallest absolute Gasteiger partial charge is 0.159 e. The minimum absolute atomic E-state index is 0.121. The first-order chi connectivity index (χ1) is 12.8. The summed E-state index contributed by atoms with van der Waals surface area (Å²) in [5.41, 5.74) is 2.20. The molecule has 0 heterocycles. The van der Waals surface area contributed by atoms with Crippen molar-refractivity contribution in [1.82, 2.24) is 0 Å². The van der Waals surface area contributed by atoms with Crippen LogP contribution < -0.4 is 0 Å². The number of hydrogen-bond acceptors (Lipinski definition) is 4. The molecular formula is C24H36O4. The maximum Gasteiger partial charge on any atom is 0.159 e. The summed E-state index contributed by atoms with van der Waals surface area (Å²) >= 11 is 0. The number of hydrogen-bond donors (Lipinski definition) is 0. The first kappa shape index (κ1) is 27.9. The molecule has 1 aromatic rings. The van der Waals surface area contributed by atoms with Crippen LogP contribution in [0.3, 0.4) is 0 Å². The Bertz CT molecular complexity index is 663. The molecule has 0 amide bonds. The molecule has 0 bridgehead atoms. The van der Waals surface area contributed by atoms with E-state index in [4.69, 9.17) is 0 Å². The summed E-state index contributed by atoms with van der Waals surface area (Å²) in [4.78, 5) is 40.9. The number of benzene rings is 1. The van der Waals surface area contributed by atoms with Crippen LogP contribution in [-0.2, 0) is 14.4 Å². The molecule has 1 aromatic carbocycles. The minimum atomic E-state index is 0.121. The maximum absolute atomic E-state index is 11.0. The van der Waals surface area contributed by atoms with Gasteiger partial charge in [-0.2, -0.15) is 0 Å². The number of carbonyl (C=O) groups excluding carboxylic acids is 4. The lowest BCUT2D eigenvalue weighted by Crippen LogP contribution is -2.20. The van der Waals surface area contributed by atoms with E-state index in [0.29, 0.717) is 12.8 Å². The van der Waals surface area contributed by atoms with Gasteiger partial charge in [0.05, 0.1) is 0 Å². The van der Waals surface area contributed by atoms with Crippen molar-refractivity contribution in [2.24, 2.45) is 5.41 Å². The van der Waals surface area contributed by atoms with Gasteiger partial charge in [0.25, 0.3) is 0 Å². The van der Waals surface area contributed by atoms with E-state index in [1.807, 2.05) is 44.2 Å². The van der Waals surface area contributed by atoms with E-state index in [1.54, 1.807) is 19.9 Å². The van der Waals surface area contributed by atoms with Gasteiger partial charge in [0, 0.05) is 18.4 Å². The molecule has 0 N–H and O–H groups in total. The van der Waals surface area contributed by atoms with E-state index >= 15 is 0 Å². The highest BCUT2D eigenvalue weighted by Gasteiger charge is 2.25. The molecule has 0 saturated heterocycles. The van der Waals surface area contributed by atoms with Gasteiger partial charge in [-0.15, -0.1) is 0 Å². The van der Waals surface area contributed by atoms with Gasteiger partial charge < -0.3 is 9.59 Å². The fourth-order valence-electron chi connectivity index (χ4n) is 2.34. The fraction of sp³-hybridized carbons (Fsp3) is 0.500. The van der Waals surface area contributed by atoms with E-state index < -0.39 is 0 Å². The molecule has 0 atom stereocenters. The number of allylic oxidation sites excluding steroid dienone is 2. The zero-order valence-electron chi connectivity index (χ0n) is 18.7. The Kier molecular flexibility index (Phi) is 14.6. The summed E-state index contributed by atoms with van der Waals surface area (Å²) in [6.07, 6.45) is 4.22. The lowest BCUT2D eigenvalue weighted by atomic mass is 9.77. The third-order valence-corrected chi connectivity index (χ3v) is 3.50. The zero-order valence-corrected chi connectivity index (χ0v) is 18.7. The molecule has 2 rings (SSSR count). The molecule has 156 valence electrons. The van der Waals surface area contributed by atoms with Crippen molar-refractivity contribution >= 4 is 23.1 Å². The van der Waals surface area contributed by atoms with Crippen LogP contribution in [0.4, 0.5) is 0 Å². The lowest BCUT2D eigenvalue weighted by molar-refractivity contribution is -0.117. The number of Topliss-reactive ketones (excluding diaryl/α,β-unsaturated/α-hetero) is 3. The molecule has 0 fully saturated rings. The van der Waals surface area contributed by atoms with E-state index in [0.717, 1.165) is 12.0 Å². The van der Waals surface area contributed by atoms with Gasteiger partial charge in [0.1, 0.15) is 11.6 Å². The van der Waals surface area contributed by atoms with Crippen LogP contribution in [0.2, 0.25) is 0 Å². The molecular weight excluding hydrogens is 352 g/mol. The van der Waals surface area contributed by atoms with Crippen LogP contribution in [0.15, 0.2) is 42.0 Å². The van der Waals surface area contributed by atoms with Crippen LogP contribution >= 0.6 is 0 Å². The second-order valence-corrected chi connectivity index (χ2v) is 7.86. The van der Waals surface area contributed by atoms with Gasteiger partial charge >= 0.3 is 0 Å². The summed E-state index contributed by atoms with van der Waals surface area (Å²) in [5, 5.41) is 0. The molecule has 28 heavy (non-hydrogen) atoms. The molecule has 0 unspecified atom stereocenters. The Morgan fingerprint density at radius 1 is 0.929 bits per heavy atom. The summed E-state index contributed by atoms with van der Waals surface area (Å²) in [6.45, 7) is 14.4. The van der Waals surface area contributed by atoms with Crippen molar-refractivity contribution in [1.29, 1.82) is 0 Å². The SMILES string of the molecule is CC(=O)c1ccccc1.CC(C)=O.CC1=CC(=O)CC(C)(C)C1.CCC(C)=O. The standard InChI is InChI=1S/C9H14O.C8H8O.C4H8O.C3H6O/c1-7-4-8(10)6-9(2,3)5-7;1-7(9)8-5-3-2-4-6-8;1-3-4(2)5;1-3(2)4/h4H,5-6H2,1-3H3;2-6H,1H3;3H2,1-2H3;1-2H3. The molecule has 0 spiro atoms. The number of carbonyl (C=O) groups is 4. The summed E-state index contributed by atoms with van der Waals surface area (Å²) in [7, 11) is 0. The second-order valence-electron chi connectivity index (χ2n) is 7.86. The maximum atomic E-state index is 11.0. The molecule has 0 aliphatic heterocycles. The molecule has 0 radical (unpaired) electrons. The van der Waals surface area contributed by atoms with Gasteiger partial charge in [0.15, 0.2) is 11.6 Å². The average molecular weight is 389 g/mol. The summed E-state index contributed by atoms with van der Waals surface area (Å²) < 4.78 is 0. The Morgan fingerprint density at radius 2 is 1.36 bits per heavy atom. The van der Waals surface area contributed by atoms with Crippen molar-refractivity contribution in [3.8, 4) is 0 Å². The zero-order chi connectivity index (χ0) is 22.3. The van der Waals surface area contributed by atoms with Gasteiger partial charge in [0.2, 0.25) is 0 Å². The lowest BCUT2D eigenvalue weighted by Gasteiger charge is -2.27. The van der Waals surface area contributed by atoms with Gasteiger partial charge in [-0.3, -0.25) is 9.59 Å². The fourth-order valence-corrected chi connectivity index (χ4v) is 2.34. The van der Waals surface area contributed by atoms with Crippen molar-refractivity contribution in [3.05, 3.63) is 47.5 Å². The molecule has 4 heteroatoms. The van der Waals surface area contributed by atoms with Crippen LogP contribution in [-0.4, -0.2) is 23.1 Å². The predicted octanol–water partition coefficient (Wildman–Crippen LogP) is 5.79. The molecule has 1 aliphatic carbocycles. The minimum Gasteiger partial charge on any atom is -0.300 e. The van der Waals surface area contributed by atoms with Crippen LogP contribution in [0.25, 0.3) is 0 Å². The van der Waals surface area contributed by atoms with Crippen LogP contribution in [0.1, 0.15) is 85.0 Å². The van der Waals surface area contributed by atoms with Gasteiger partial charge in [-0.25, -0.2) is 0 Å². The summed E-state index contributed by atoms with van der Waals surface area (Å²) in [5.74, 6) is 0.828. The Hall–Kier alpha value is -2.36. The number of ketones is 4. The van der Waals surface area contributed by atoms with Crippen LogP contribution in [0.5, 0.6) is 0 Å². The average Bonchev–Trinajstić information content (AvgIpc) is 2.54. The highest BCUT2D eigenvalue weighted by Crippen LogP contribution is 2.32. The largest absolute Gasteiger partial charge is 0.300 e. The summed E-state index contributed by atoms with van der Waals surface area (Å²) in [6, 6.07) is 9.23. The van der Waals surface area contributed by atoms with Crippen molar-refractivity contribution in [2.75, 3.05) is 0 Å². The van der Waals surface area contributed by atoms with Crippen molar-refractivity contribution in [2.45, 2.75) is 74.7 Å². The topological polar surface area (TPSA) is 68.3 Å². The molecule has 4 nitrogen and oxygen atoms in total.